The standard InChI is InChI=1S/C14H18O4/c1-15-13-5-3-2-4-12(13)6-7-14-16-8-11(9-17-14)10-18-14/h2-5,11H,6-10H2,1H3. The first-order valence-corrected chi connectivity index (χ1v) is 6.35. The summed E-state index contributed by atoms with van der Waals surface area (Å²) in [5, 5.41) is 0. The van der Waals surface area contributed by atoms with Crippen molar-refractivity contribution in [2.75, 3.05) is 26.9 Å². The fourth-order valence-corrected chi connectivity index (χ4v) is 2.42. The van der Waals surface area contributed by atoms with Crippen molar-refractivity contribution in [2.24, 2.45) is 5.92 Å². The summed E-state index contributed by atoms with van der Waals surface area (Å²) in [5.41, 5.74) is 1.15. The molecule has 3 saturated heterocycles. The molecule has 3 aliphatic rings. The highest BCUT2D eigenvalue weighted by Crippen LogP contribution is 2.34. The molecule has 0 spiro atoms. The lowest BCUT2D eigenvalue weighted by Gasteiger charge is -2.45. The van der Waals surface area contributed by atoms with E-state index in [2.05, 4.69) is 6.07 Å². The highest BCUT2D eigenvalue weighted by Gasteiger charge is 2.44. The Morgan fingerprint density at radius 3 is 2.50 bits per heavy atom. The molecule has 0 aromatic heterocycles. The second-order valence-electron chi connectivity index (χ2n) is 4.79. The number of fused-ring (bicyclic) bond motifs is 3. The number of para-hydroxylation sites is 1. The van der Waals surface area contributed by atoms with Crippen molar-refractivity contribution in [3.8, 4) is 5.75 Å². The van der Waals surface area contributed by atoms with Gasteiger partial charge in [0, 0.05) is 12.3 Å². The molecule has 4 rings (SSSR count). The third kappa shape index (κ3) is 2.23. The van der Waals surface area contributed by atoms with Crippen molar-refractivity contribution < 1.29 is 18.9 Å². The highest BCUT2D eigenvalue weighted by atomic mass is 16.9. The van der Waals surface area contributed by atoms with E-state index in [0.29, 0.717) is 12.3 Å². The van der Waals surface area contributed by atoms with Crippen LogP contribution in [0.3, 0.4) is 0 Å². The van der Waals surface area contributed by atoms with Gasteiger partial charge in [0.15, 0.2) is 0 Å². The molecular weight excluding hydrogens is 232 g/mol. The molecular formula is C14H18O4. The maximum absolute atomic E-state index is 5.67. The van der Waals surface area contributed by atoms with Gasteiger partial charge in [-0.1, -0.05) is 18.2 Å². The lowest BCUT2D eigenvalue weighted by molar-refractivity contribution is -0.449. The summed E-state index contributed by atoms with van der Waals surface area (Å²) < 4.78 is 22.4. The van der Waals surface area contributed by atoms with Gasteiger partial charge in [-0.2, -0.15) is 0 Å². The van der Waals surface area contributed by atoms with Crippen molar-refractivity contribution in [3.05, 3.63) is 29.8 Å². The average Bonchev–Trinajstić information content (AvgIpc) is 2.47. The van der Waals surface area contributed by atoms with Gasteiger partial charge in [-0.25, -0.2) is 0 Å². The monoisotopic (exact) mass is 250 g/mol. The van der Waals surface area contributed by atoms with Gasteiger partial charge in [0.25, 0.3) is 5.97 Å². The van der Waals surface area contributed by atoms with Crippen molar-refractivity contribution in [3.63, 3.8) is 0 Å². The van der Waals surface area contributed by atoms with Crippen LogP contribution in [0.4, 0.5) is 0 Å². The molecule has 3 heterocycles. The summed E-state index contributed by atoms with van der Waals surface area (Å²) in [4.78, 5) is 0. The molecule has 1 aromatic rings. The Morgan fingerprint density at radius 2 is 1.83 bits per heavy atom. The van der Waals surface area contributed by atoms with Crippen molar-refractivity contribution in [1.82, 2.24) is 0 Å². The summed E-state index contributed by atoms with van der Waals surface area (Å²) in [5.74, 6) is 0.479. The second kappa shape index (κ2) is 4.88. The van der Waals surface area contributed by atoms with Gasteiger partial charge in [-0.3, -0.25) is 0 Å². The summed E-state index contributed by atoms with van der Waals surface area (Å²) >= 11 is 0. The van der Waals surface area contributed by atoms with E-state index in [4.69, 9.17) is 18.9 Å². The topological polar surface area (TPSA) is 36.9 Å². The first-order valence-electron chi connectivity index (χ1n) is 6.35. The van der Waals surface area contributed by atoms with Gasteiger partial charge in [0.05, 0.1) is 26.9 Å². The zero-order chi connectivity index (χ0) is 12.4. The minimum Gasteiger partial charge on any atom is -0.496 e. The van der Waals surface area contributed by atoms with Crippen LogP contribution in [-0.2, 0) is 20.6 Å². The Labute approximate surface area is 107 Å². The van der Waals surface area contributed by atoms with Gasteiger partial charge in [0.1, 0.15) is 5.75 Å². The molecule has 3 aliphatic heterocycles. The van der Waals surface area contributed by atoms with Crippen LogP contribution in [0.2, 0.25) is 0 Å². The Morgan fingerprint density at radius 1 is 1.17 bits per heavy atom. The number of benzene rings is 1. The van der Waals surface area contributed by atoms with Crippen LogP contribution in [-0.4, -0.2) is 32.9 Å². The number of ether oxygens (including phenoxy) is 4. The zero-order valence-electron chi connectivity index (χ0n) is 10.6. The minimum absolute atomic E-state index is 0.401. The van der Waals surface area contributed by atoms with E-state index in [9.17, 15) is 0 Å². The van der Waals surface area contributed by atoms with E-state index < -0.39 is 5.97 Å². The summed E-state index contributed by atoms with van der Waals surface area (Å²) in [6.07, 6.45) is 1.51. The van der Waals surface area contributed by atoms with Crippen LogP contribution in [0.25, 0.3) is 0 Å². The normalized spacial score (nSPS) is 30.4. The summed E-state index contributed by atoms with van der Waals surface area (Å²) in [6.45, 7) is 2.23. The Bertz CT molecular complexity index is 396. The summed E-state index contributed by atoms with van der Waals surface area (Å²) in [6, 6.07) is 8.00. The minimum atomic E-state index is -0.824. The molecule has 18 heavy (non-hydrogen) atoms. The fourth-order valence-electron chi connectivity index (χ4n) is 2.42. The van der Waals surface area contributed by atoms with Crippen LogP contribution < -0.4 is 4.74 Å². The molecule has 2 bridgehead atoms. The van der Waals surface area contributed by atoms with Crippen molar-refractivity contribution >= 4 is 0 Å². The highest BCUT2D eigenvalue weighted by molar-refractivity contribution is 5.33. The molecule has 3 fully saturated rings. The van der Waals surface area contributed by atoms with Crippen LogP contribution in [0.1, 0.15) is 12.0 Å². The van der Waals surface area contributed by atoms with E-state index in [1.165, 1.54) is 0 Å². The largest absolute Gasteiger partial charge is 0.496 e. The van der Waals surface area contributed by atoms with Crippen molar-refractivity contribution in [2.45, 2.75) is 18.8 Å². The van der Waals surface area contributed by atoms with Crippen LogP contribution in [0.15, 0.2) is 24.3 Å². The van der Waals surface area contributed by atoms with Crippen LogP contribution in [0, 0.1) is 5.92 Å². The van der Waals surface area contributed by atoms with E-state index in [-0.39, 0.29) is 0 Å². The van der Waals surface area contributed by atoms with Gasteiger partial charge >= 0.3 is 0 Å². The Hall–Kier alpha value is -1.10. The van der Waals surface area contributed by atoms with E-state index in [0.717, 1.165) is 37.6 Å². The summed E-state index contributed by atoms with van der Waals surface area (Å²) in [7, 11) is 1.69. The average molecular weight is 250 g/mol. The molecule has 0 N–H and O–H groups in total. The fraction of sp³-hybridized carbons (Fsp3) is 0.571. The number of rotatable bonds is 4. The molecule has 4 heteroatoms. The molecule has 1 aromatic carbocycles. The molecule has 0 unspecified atom stereocenters. The predicted octanol–water partition coefficient (Wildman–Crippen LogP) is 1.97. The smallest absolute Gasteiger partial charge is 0.283 e. The zero-order valence-corrected chi connectivity index (χ0v) is 10.6. The number of methoxy groups -OCH3 is 1. The van der Waals surface area contributed by atoms with Gasteiger partial charge < -0.3 is 18.9 Å². The maximum Gasteiger partial charge on any atom is 0.283 e. The number of aryl methyl sites for hydroxylation is 1. The molecule has 0 radical (unpaired) electrons. The van der Waals surface area contributed by atoms with E-state index in [1.807, 2.05) is 18.2 Å². The lowest BCUT2D eigenvalue weighted by Crippen LogP contribution is -2.54. The number of hydrogen-bond acceptors (Lipinski definition) is 4. The molecule has 0 amide bonds. The van der Waals surface area contributed by atoms with Gasteiger partial charge in [0.2, 0.25) is 0 Å². The first-order chi connectivity index (χ1) is 8.81. The predicted molar refractivity (Wildman–Crippen MR) is 65.4 cm³/mol. The van der Waals surface area contributed by atoms with E-state index >= 15 is 0 Å². The Kier molecular flexibility index (Phi) is 3.24. The molecule has 0 saturated carbocycles. The third-order valence-electron chi connectivity index (χ3n) is 3.51. The molecule has 0 aliphatic carbocycles. The quantitative estimate of drug-likeness (QED) is 0.818. The molecule has 0 atom stereocenters. The SMILES string of the molecule is COc1ccccc1CCC12OCC(CO1)CO2. The number of hydrogen-bond donors (Lipinski definition) is 0. The van der Waals surface area contributed by atoms with Crippen LogP contribution >= 0.6 is 0 Å². The van der Waals surface area contributed by atoms with Gasteiger partial charge in [-0.15, -0.1) is 0 Å². The molecule has 98 valence electrons. The first kappa shape index (κ1) is 12.0. The maximum atomic E-state index is 5.67. The second-order valence-corrected chi connectivity index (χ2v) is 4.79. The third-order valence-corrected chi connectivity index (χ3v) is 3.51. The Balaban J connectivity index is 1.66. The van der Waals surface area contributed by atoms with Crippen molar-refractivity contribution in [1.29, 1.82) is 0 Å². The van der Waals surface area contributed by atoms with E-state index in [1.54, 1.807) is 7.11 Å². The lowest BCUT2D eigenvalue weighted by atomic mass is 10.1. The molecule has 4 nitrogen and oxygen atoms in total. The van der Waals surface area contributed by atoms with Crippen LogP contribution in [0.5, 0.6) is 5.75 Å². The van der Waals surface area contributed by atoms with Gasteiger partial charge in [-0.05, 0) is 18.1 Å².